The molecule has 0 aromatic heterocycles. The Morgan fingerprint density at radius 1 is 0.741 bits per heavy atom. The number of rotatable bonds is 5. The van der Waals surface area contributed by atoms with Gasteiger partial charge in [0.15, 0.2) is 6.29 Å². The molecule has 2 unspecified atom stereocenters. The summed E-state index contributed by atoms with van der Waals surface area (Å²) < 4.78 is 25.2. The zero-order valence-electron chi connectivity index (χ0n) is 13.6. The summed E-state index contributed by atoms with van der Waals surface area (Å²) in [6, 6.07) is 0. The molecule has 11 atom stereocenters. The molecule has 1 aliphatic carbocycles. The SMILES string of the molecule is O=P(O)(O)OC1[C@H](O)[C@H](O)C(O[C@H]2O[C@H](CO)[C@@H](O)[C@H](O)[C@@H]2O)[C@H](O)[C@H]1O. The van der Waals surface area contributed by atoms with Gasteiger partial charge in [-0.25, -0.2) is 4.57 Å². The lowest BCUT2D eigenvalue weighted by Gasteiger charge is -2.46. The van der Waals surface area contributed by atoms with Crippen LogP contribution in [-0.4, -0.2) is 125 Å². The second-order valence-corrected chi connectivity index (χ2v) is 7.51. The summed E-state index contributed by atoms with van der Waals surface area (Å²) in [6.45, 7) is -0.774. The van der Waals surface area contributed by atoms with E-state index in [1.165, 1.54) is 0 Å². The molecule has 2 aliphatic rings. The molecule has 0 radical (unpaired) electrons. The van der Waals surface area contributed by atoms with E-state index in [2.05, 4.69) is 4.52 Å². The molecule has 1 saturated heterocycles. The molecule has 0 bridgehead atoms. The first kappa shape index (κ1) is 23.0. The molecule has 0 amide bonds. The predicted octanol–water partition coefficient (Wildman–Crippen LogP) is -5.89. The molecule has 0 aromatic carbocycles. The van der Waals surface area contributed by atoms with Crippen LogP contribution in [-0.2, 0) is 18.6 Å². The summed E-state index contributed by atoms with van der Waals surface area (Å²) in [4.78, 5) is 17.6. The lowest BCUT2D eigenvalue weighted by Crippen LogP contribution is -2.67. The van der Waals surface area contributed by atoms with E-state index in [0.717, 1.165) is 0 Å². The fraction of sp³-hybridized carbons (Fsp3) is 1.00. The Morgan fingerprint density at radius 3 is 1.67 bits per heavy atom. The van der Waals surface area contributed by atoms with E-state index >= 15 is 0 Å². The zero-order valence-corrected chi connectivity index (χ0v) is 14.5. The van der Waals surface area contributed by atoms with Crippen molar-refractivity contribution in [3.05, 3.63) is 0 Å². The van der Waals surface area contributed by atoms with Gasteiger partial charge in [-0.1, -0.05) is 0 Å². The number of phosphoric acid groups is 1. The maximum absolute atomic E-state index is 10.9. The van der Waals surface area contributed by atoms with E-state index in [9.17, 15) is 40.3 Å². The standard InChI is InChI=1S/C12H23O14P/c13-1-2-3(14)4(15)9(20)12(24-2)25-10-5(16)7(18)11(8(19)6(10)17)26-27(21,22)23/h2-20H,1H2,(H2,21,22,23)/t2-,3-,4+,5-,6+,7-,8-,9+,10?,11?,12-/m1/s1. The minimum atomic E-state index is -5.19. The second-order valence-electron chi connectivity index (χ2n) is 6.32. The Kier molecular flexibility index (Phi) is 7.33. The van der Waals surface area contributed by atoms with Crippen LogP contribution < -0.4 is 0 Å². The first-order valence-electron chi connectivity index (χ1n) is 7.81. The minimum absolute atomic E-state index is 0.774. The van der Waals surface area contributed by atoms with Gasteiger partial charge in [-0.3, -0.25) is 4.52 Å². The third kappa shape index (κ3) is 4.83. The van der Waals surface area contributed by atoms with E-state index in [1.54, 1.807) is 0 Å². The fourth-order valence-electron chi connectivity index (χ4n) is 2.96. The molecule has 2 rings (SSSR count). The van der Waals surface area contributed by atoms with E-state index in [1.807, 2.05) is 0 Å². The van der Waals surface area contributed by atoms with Gasteiger partial charge in [0.2, 0.25) is 0 Å². The number of aliphatic hydroxyl groups excluding tert-OH is 8. The molecule has 0 spiro atoms. The van der Waals surface area contributed by atoms with E-state index < -0.39 is 81.8 Å². The molecule has 1 heterocycles. The maximum Gasteiger partial charge on any atom is 0.470 e. The van der Waals surface area contributed by atoms with Crippen LogP contribution in [0.1, 0.15) is 0 Å². The Morgan fingerprint density at radius 2 is 1.22 bits per heavy atom. The van der Waals surface area contributed by atoms with Gasteiger partial charge in [-0.15, -0.1) is 0 Å². The summed E-state index contributed by atoms with van der Waals surface area (Å²) in [5.41, 5.74) is 0. The van der Waals surface area contributed by atoms with Crippen molar-refractivity contribution in [1.82, 2.24) is 0 Å². The van der Waals surface area contributed by atoms with Crippen molar-refractivity contribution in [1.29, 1.82) is 0 Å². The summed E-state index contributed by atoms with van der Waals surface area (Å²) in [6.07, 6.45) is -20.8. The van der Waals surface area contributed by atoms with Crippen LogP contribution in [0, 0.1) is 0 Å². The first-order chi connectivity index (χ1) is 12.4. The molecule has 2 fully saturated rings. The third-order valence-corrected chi connectivity index (χ3v) is 4.96. The maximum atomic E-state index is 10.9. The van der Waals surface area contributed by atoms with Gasteiger partial charge in [-0.05, 0) is 0 Å². The summed E-state index contributed by atoms with van der Waals surface area (Å²) in [5, 5.41) is 78.5. The normalized spacial score (nSPS) is 49.2. The summed E-state index contributed by atoms with van der Waals surface area (Å²) in [5.74, 6) is 0. The highest BCUT2D eigenvalue weighted by atomic mass is 31.2. The number of ether oxygens (including phenoxy) is 2. The van der Waals surface area contributed by atoms with Crippen molar-refractivity contribution >= 4 is 7.82 Å². The smallest absolute Gasteiger partial charge is 0.394 e. The Balaban J connectivity index is 2.15. The number of hydrogen-bond donors (Lipinski definition) is 10. The zero-order chi connectivity index (χ0) is 20.7. The Hall–Kier alpha value is -0.290. The molecule has 1 aliphatic heterocycles. The molecule has 15 heteroatoms. The Labute approximate surface area is 152 Å². The van der Waals surface area contributed by atoms with Gasteiger partial charge in [0, 0.05) is 0 Å². The first-order valence-corrected chi connectivity index (χ1v) is 9.34. The van der Waals surface area contributed by atoms with E-state index in [0.29, 0.717) is 0 Å². The number of aliphatic hydroxyl groups is 8. The van der Waals surface area contributed by atoms with Crippen LogP contribution in [0.25, 0.3) is 0 Å². The highest BCUT2D eigenvalue weighted by Gasteiger charge is 2.54. The molecular weight excluding hydrogens is 399 g/mol. The van der Waals surface area contributed by atoms with Crippen LogP contribution >= 0.6 is 7.82 Å². The lowest BCUT2D eigenvalue weighted by molar-refractivity contribution is -0.338. The van der Waals surface area contributed by atoms with Crippen LogP contribution in [0.3, 0.4) is 0 Å². The van der Waals surface area contributed by atoms with Crippen molar-refractivity contribution in [2.45, 2.75) is 67.3 Å². The van der Waals surface area contributed by atoms with Gasteiger partial charge >= 0.3 is 7.82 Å². The predicted molar refractivity (Wildman–Crippen MR) is 79.6 cm³/mol. The monoisotopic (exact) mass is 422 g/mol. The van der Waals surface area contributed by atoms with Crippen LogP contribution in [0.15, 0.2) is 0 Å². The van der Waals surface area contributed by atoms with Crippen molar-refractivity contribution in [2.24, 2.45) is 0 Å². The van der Waals surface area contributed by atoms with Gasteiger partial charge < -0.3 is 60.1 Å². The number of phosphoric ester groups is 1. The van der Waals surface area contributed by atoms with Gasteiger partial charge in [-0.2, -0.15) is 0 Å². The topological polar surface area (TPSA) is 247 Å². The number of hydrogen-bond acceptors (Lipinski definition) is 12. The lowest BCUT2D eigenvalue weighted by atomic mass is 9.84. The van der Waals surface area contributed by atoms with Gasteiger partial charge in [0.1, 0.15) is 61.0 Å². The molecule has 10 N–H and O–H groups in total. The molecular formula is C12H23O14P. The quantitative estimate of drug-likeness (QED) is 0.185. The average Bonchev–Trinajstić information content (AvgIpc) is 2.59. The largest absolute Gasteiger partial charge is 0.470 e. The van der Waals surface area contributed by atoms with Crippen molar-refractivity contribution in [2.75, 3.05) is 6.61 Å². The second kappa shape index (κ2) is 8.61. The molecule has 160 valence electrons. The van der Waals surface area contributed by atoms with Crippen molar-refractivity contribution < 1.29 is 69.2 Å². The Bertz CT molecular complexity index is 524. The van der Waals surface area contributed by atoms with Crippen molar-refractivity contribution in [3.63, 3.8) is 0 Å². The van der Waals surface area contributed by atoms with Crippen LogP contribution in [0.2, 0.25) is 0 Å². The van der Waals surface area contributed by atoms with Crippen molar-refractivity contribution in [3.8, 4) is 0 Å². The summed E-state index contributed by atoms with van der Waals surface area (Å²) in [7, 11) is -5.19. The minimum Gasteiger partial charge on any atom is -0.394 e. The molecule has 1 saturated carbocycles. The summed E-state index contributed by atoms with van der Waals surface area (Å²) >= 11 is 0. The molecule has 0 aromatic rings. The van der Waals surface area contributed by atoms with Crippen LogP contribution in [0.4, 0.5) is 0 Å². The highest BCUT2D eigenvalue weighted by Crippen LogP contribution is 2.42. The van der Waals surface area contributed by atoms with Gasteiger partial charge in [0.05, 0.1) is 6.61 Å². The third-order valence-electron chi connectivity index (χ3n) is 4.44. The molecule has 14 nitrogen and oxygen atoms in total. The molecule has 27 heavy (non-hydrogen) atoms. The van der Waals surface area contributed by atoms with E-state index in [4.69, 9.17) is 24.4 Å². The fourth-order valence-corrected chi connectivity index (χ4v) is 3.53. The highest BCUT2D eigenvalue weighted by molar-refractivity contribution is 7.46. The van der Waals surface area contributed by atoms with Gasteiger partial charge in [0.25, 0.3) is 0 Å². The van der Waals surface area contributed by atoms with Crippen LogP contribution in [0.5, 0.6) is 0 Å². The van der Waals surface area contributed by atoms with E-state index in [-0.39, 0.29) is 0 Å². The average molecular weight is 422 g/mol.